The molecule has 2 heterocycles. The van der Waals surface area contributed by atoms with E-state index in [9.17, 15) is 9.18 Å². The van der Waals surface area contributed by atoms with Crippen LogP contribution in [0, 0.1) is 12.7 Å². The summed E-state index contributed by atoms with van der Waals surface area (Å²) in [5, 5.41) is 0.641. The maximum absolute atomic E-state index is 13.9. The van der Waals surface area contributed by atoms with E-state index in [0.29, 0.717) is 17.0 Å². The van der Waals surface area contributed by atoms with Crippen LogP contribution in [0.3, 0.4) is 0 Å². The molecule has 1 aromatic carbocycles. The van der Waals surface area contributed by atoms with Gasteiger partial charge in [-0.25, -0.2) is 9.37 Å². The standard InChI is InChI=1S/C17H20FN3OS/c1-12-15(11-16(22)21-9-7-20(2)8-10-21)23-17(19-12)13-5-3-4-6-14(13)18/h3-6H,7-11H2,1-2H3. The summed E-state index contributed by atoms with van der Waals surface area (Å²) in [5.74, 6) is -0.150. The van der Waals surface area contributed by atoms with E-state index in [1.165, 1.54) is 17.4 Å². The molecule has 0 radical (unpaired) electrons. The van der Waals surface area contributed by atoms with Crippen molar-refractivity contribution in [2.75, 3.05) is 33.2 Å². The number of carbonyl (C=O) groups excluding carboxylic acids is 1. The molecule has 0 atom stereocenters. The van der Waals surface area contributed by atoms with Gasteiger partial charge in [-0.3, -0.25) is 4.79 Å². The molecule has 4 nitrogen and oxygen atoms in total. The molecule has 6 heteroatoms. The van der Waals surface area contributed by atoms with Gasteiger partial charge < -0.3 is 9.80 Å². The number of nitrogens with zero attached hydrogens (tertiary/aromatic N) is 3. The fraction of sp³-hybridized carbons (Fsp3) is 0.412. The van der Waals surface area contributed by atoms with Crippen LogP contribution in [0.25, 0.3) is 10.6 Å². The molecule has 122 valence electrons. The molecule has 23 heavy (non-hydrogen) atoms. The first-order valence-corrected chi connectivity index (χ1v) is 8.54. The van der Waals surface area contributed by atoms with Gasteiger partial charge in [-0.2, -0.15) is 0 Å². The summed E-state index contributed by atoms with van der Waals surface area (Å²) in [6, 6.07) is 6.61. The van der Waals surface area contributed by atoms with Crippen LogP contribution in [0.5, 0.6) is 0 Å². The van der Waals surface area contributed by atoms with Gasteiger partial charge in [0, 0.05) is 36.6 Å². The van der Waals surface area contributed by atoms with E-state index in [1.54, 1.807) is 18.2 Å². The number of aromatic nitrogens is 1. The molecule has 1 aliphatic heterocycles. The molecular weight excluding hydrogens is 313 g/mol. The molecular formula is C17H20FN3OS. The van der Waals surface area contributed by atoms with E-state index in [0.717, 1.165) is 36.8 Å². The number of rotatable bonds is 3. The molecule has 0 N–H and O–H groups in total. The fourth-order valence-electron chi connectivity index (χ4n) is 2.65. The zero-order valence-electron chi connectivity index (χ0n) is 13.4. The maximum Gasteiger partial charge on any atom is 0.227 e. The van der Waals surface area contributed by atoms with Crippen LogP contribution in [-0.4, -0.2) is 53.9 Å². The Morgan fingerprint density at radius 1 is 1.26 bits per heavy atom. The molecule has 1 saturated heterocycles. The van der Waals surface area contributed by atoms with Crippen LogP contribution >= 0.6 is 11.3 Å². The van der Waals surface area contributed by atoms with Gasteiger partial charge in [0.15, 0.2) is 0 Å². The summed E-state index contributed by atoms with van der Waals surface area (Å²) in [6.45, 7) is 5.25. The van der Waals surface area contributed by atoms with Crippen molar-refractivity contribution in [3.63, 3.8) is 0 Å². The van der Waals surface area contributed by atoms with Gasteiger partial charge in [-0.1, -0.05) is 12.1 Å². The molecule has 3 rings (SSSR count). The lowest BCUT2D eigenvalue weighted by atomic mass is 10.2. The van der Waals surface area contributed by atoms with E-state index in [-0.39, 0.29) is 11.7 Å². The Morgan fingerprint density at radius 2 is 1.96 bits per heavy atom. The first-order valence-electron chi connectivity index (χ1n) is 7.72. The minimum Gasteiger partial charge on any atom is -0.340 e. The average Bonchev–Trinajstić information content (AvgIpc) is 2.89. The molecule has 1 aromatic heterocycles. The number of benzene rings is 1. The van der Waals surface area contributed by atoms with Crippen LogP contribution in [0.2, 0.25) is 0 Å². The first kappa shape index (κ1) is 16.1. The van der Waals surface area contributed by atoms with Crippen molar-refractivity contribution in [3.8, 4) is 10.6 Å². The van der Waals surface area contributed by atoms with Crippen LogP contribution < -0.4 is 0 Å². The van der Waals surface area contributed by atoms with E-state index >= 15 is 0 Å². The average molecular weight is 333 g/mol. The molecule has 1 amide bonds. The summed E-state index contributed by atoms with van der Waals surface area (Å²) < 4.78 is 13.9. The Bertz CT molecular complexity index is 708. The predicted molar refractivity (Wildman–Crippen MR) is 90.0 cm³/mol. The molecule has 0 aliphatic carbocycles. The molecule has 1 aliphatic rings. The number of aryl methyl sites for hydroxylation is 1. The zero-order valence-corrected chi connectivity index (χ0v) is 14.2. The van der Waals surface area contributed by atoms with Gasteiger partial charge in [-0.05, 0) is 26.1 Å². The van der Waals surface area contributed by atoms with Crippen LogP contribution in [0.1, 0.15) is 10.6 Å². The van der Waals surface area contributed by atoms with Crippen molar-refractivity contribution >= 4 is 17.2 Å². The van der Waals surface area contributed by atoms with Crippen LogP contribution in [-0.2, 0) is 11.2 Å². The number of halogens is 1. The van der Waals surface area contributed by atoms with Gasteiger partial charge in [-0.15, -0.1) is 11.3 Å². The van der Waals surface area contributed by atoms with Crippen molar-refractivity contribution in [2.24, 2.45) is 0 Å². The topological polar surface area (TPSA) is 36.4 Å². The molecule has 2 aromatic rings. The Kier molecular flexibility index (Phi) is 4.73. The largest absolute Gasteiger partial charge is 0.340 e. The van der Waals surface area contributed by atoms with Crippen molar-refractivity contribution in [1.29, 1.82) is 0 Å². The predicted octanol–water partition coefficient (Wildman–Crippen LogP) is 2.57. The second-order valence-corrected chi connectivity index (χ2v) is 6.95. The Balaban J connectivity index is 1.74. The second-order valence-electron chi connectivity index (χ2n) is 5.87. The highest BCUT2D eigenvalue weighted by Crippen LogP contribution is 2.30. The lowest BCUT2D eigenvalue weighted by Crippen LogP contribution is -2.47. The number of hydrogen-bond acceptors (Lipinski definition) is 4. The van der Waals surface area contributed by atoms with Crippen molar-refractivity contribution < 1.29 is 9.18 Å². The molecule has 0 unspecified atom stereocenters. The first-order chi connectivity index (χ1) is 11.0. The van der Waals surface area contributed by atoms with Crippen molar-refractivity contribution in [1.82, 2.24) is 14.8 Å². The zero-order chi connectivity index (χ0) is 16.4. The lowest BCUT2D eigenvalue weighted by molar-refractivity contribution is -0.131. The number of amides is 1. The van der Waals surface area contributed by atoms with E-state index < -0.39 is 0 Å². The summed E-state index contributed by atoms with van der Waals surface area (Å²) in [5.41, 5.74) is 1.31. The SMILES string of the molecule is Cc1nc(-c2ccccc2F)sc1CC(=O)N1CCN(C)CC1. The number of hydrogen-bond donors (Lipinski definition) is 0. The highest BCUT2D eigenvalue weighted by molar-refractivity contribution is 7.15. The molecule has 0 bridgehead atoms. The second kappa shape index (κ2) is 6.76. The number of carbonyl (C=O) groups is 1. The minimum atomic E-state index is -0.279. The maximum atomic E-state index is 13.9. The number of likely N-dealkylation sites (N-methyl/N-ethyl adjacent to an activating group) is 1. The van der Waals surface area contributed by atoms with E-state index in [1.807, 2.05) is 11.8 Å². The monoisotopic (exact) mass is 333 g/mol. The minimum absolute atomic E-state index is 0.130. The summed E-state index contributed by atoms with van der Waals surface area (Å²) >= 11 is 1.41. The van der Waals surface area contributed by atoms with Gasteiger partial charge in [0.1, 0.15) is 10.8 Å². The quantitative estimate of drug-likeness (QED) is 0.866. The van der Waals surface area contributed by atoms with Crippen molar-refractivity contribution in [2.45, 2.75) is 13.3 Å². The summed E-state index contributed by atoms with van der Waals surface area (Å²) in [4.78, 5) is 22.0. The fourth-order valence-corrected chi connectivity index (χ4v) is 3.73. The number of piperazine rings is 1. The highest BCUT2D eigenvalue weighted by atomic mass is 32.1. The normalized spacial score (nSPS) is 15.9. The molecule has 0 spiro atoms. The third-order valence-electron chi connectivity index (χ3n) is 4.16. The van der Waals surface area contributed by atoms with Crippen LogP contribution in [0.15, 0.2) is 24.3 Å². The molecule has 0 saturated carbocycles. The van der Waals surface area contributed by atoms with Gasteiger partial charge >= 0.3 is 0 Å². The Morgan fingerprint density at radius 3 is 2.65 bits per heavy atom. The Hall–Kier alpha value is -1.79. The van der Waals surface area contributed by atoms with Gasteiger partial charge in [0.2, 0.25) is 5.91 Å². The third kappa shape index (κ3) is 3.59. The third-order valence-corrected chi connectivity index (χ3v) is 5.36. The summed E-state index contributed by atoms with van der Waals surface area (Å²) in [7, 11) is 2.07. The summed E-state index contributed by atoms with van der Waals surface area (Å²) in [6.07, 6.45) is 0.349. The number of thiazole rings is 1. The van der Waals surface area contributed by atoms with Crippen molar-refractivity contribution in [3.05, 3.63) is 40.7 Å². The lowest BCUT2D eigenvalue weighted by Gasteiger charge is -2.32. The van der Waals surface area contributed by atoms with Gasteiger partial charge in [0.05, 0.1) is 12.1 Å². The Labute approximate surface area is 139 Å². The van der Waals surface area contributed by atoms with Crippen LogP contribution in [0.4, 0.5) is 4.39 Å². The smallest absolute Gasteiger partial charge is 0.227 e. The highest BCUT2D eigenvalue weighted by Gasteiger charge is 2.21. The van der Waals surface area contributed by atoms with Gasteiger partial charge in [0.25, 0.3) is 0 Å². The van der Waals surface area contributed by atoms with E-state index in [4.69, 9.17) is 0 Å². The molecule has 1 fully saturated rings. The van der Waals surface area contributed by atoms with E-state index in [2.05, 4.69) is 16.9 Å².